The molecule has 4 aromatic heterocycles. The number of aromatic nitrogens is 4. The number of furan rings is 1. The number of hydrogen-bond donors (Lipinski definition) is 0. The van der Waals surface area contributed by atoms with E-state index in [1.807, 2.05) is 78.9 Å². The molecule has 6 nitrogen and oxygen atoms in total. The summed E-state index contributed by atoms with van der Waals surface area (Å²) < 4.78 is 11.3. The van der Waals surface area contributed by atoms with Gasteiger partial charge in [-0.3, -0.25) is 0 Å². The first-order chi connectivity index (χ1) is 29.2. The monoisotopic (exact) mass is 753 g/mol. The van der Waals surface area contributed by atoms with Crippen LogP contribution in [0.5, 0.6) is 0 Å². The topological polar surface area (TPSA) is 72.6 Å². The van der Waals surface area contributed by atoms with Crippen LogP contribution >= 0.6 is 0 Å². The van der Waals surface area contributed by atoms with Crippen LogP contribution < -0.4 is 0 Å². The largest absolute Gasteiger partial charge is 0.456 e. The lowest BCUT2D eigenvalue weighted by atomic mass is 9.97. The molecule has 274 valence electrons. The van der Waals surface area contributed by atoms with Crippen molar-refractivity contribution in [2.24, 2.45) is 0 Å². The summed E-state index contributed by atoms with van der Waals surface area (Å²) in [6.07, 6.45) is 0. The maximum atomic E-state index is 10.8. The summed E-state index contributed by atoms with van der Waals surface area (Å²) in [4.78, 5) is 10.2. The lowest BCUT2D eigenvalue weighted by Gasteiger charge is -2.13. The Morgan fingerprint density at radius 3 is 1.69 bits per heavy atom. The van der Waals surface area contributed by atoms with Gasteiger partial charge in [0.15, 0.2) is 5.82 Å². The number of benzene rings is 8. The maximum absolute atomic E-state index is 10.8. The van der Waals surface area contributed by atoms with Crippen LogP contribution in [0.3, 0.4) is 0 Å². The fraction of sp³-hybridized carbons (Fsp3) is 0. The van der Waals surface area contributed by atoms with E-state index in [-0.39, 0.29) is 0 Å². The second-order valence-corrected chi connectivity index (χ2v) is 14.9. The Morgan fingerprint density at radius 2 is 1.02 bits per heavy atom. The number of nitriles is 1. The van der Waals surface area contributed by atoms with Gasteiger partial charge in [-0.1, -0.05) is 127 Å². The third-order valence-corrected chi connectivity index (χ3v) is 11.6. The maximum Gasteiger partial charge on any atom is 0.160 e. The van der Waals surface area contributed by atoms with E-state index in [9.17, 15) is 5.26 Å². The molecule has 0 radical (unpaired) electrons. The summed E-state index contributed by atoms with van der Waals surface area (Å²) in [6, 6.07) is 67.3. The summed E-state index contributed by atoms with van der Waals surface area (Å²) in [5.74, 6) is 0.549. The molecule has 6 heteroatoms. The zero-order chi connectivity index (χ0) is 39.0. The van der Waals surface area contributed by atoms with Crippen molar-refractivity contribution in [3.63, 3.8) is 0 Å². The normalized spacial score (nSPS) is 11.7. The molecule has 0 saturated carbocycles. The van der Waals surface area contributed by atoms with E-state index in [4.69, 9.17) is 14.4 Å². The highest BCUT2D eigenvalue weighted by atomic mass is 16.3. The van der Waals surface area contributed by atoms with Crippen LogP contribution in [0.25, 0.3) is 111 Å². The molecule has 4 heterocycles. The zero-order valence-corrected chi connectivity index (χ0v) is 31.5. The second-order valence-electron chi connectivity index (χ2n) is 14.9. The molecule has 0 saturated heterocycles. The minimum atomic E-state index is 0.411. The van der Waals surface area contributed by atoms with E-state index in [0.29, 0.717) is 22.8 Å². The summed E-state index contributed by atoms with van der Waals surface area (Å²) in [6.45, 7) is 0. The minimum absolute atomic E-state index is 0.411. The predicted molar refractivity (Wildman–Crippen MR) is 239 cm³/mol. The number of para-hydroxylation sites is 3. The SMILES string of the molecule is N#Cc1c(-c2ccccc2)nc(-c2ccccc2)nc1-c1cccc2oc3ccc(-n4c5ccccc5c5cc6c7ccccc7n(-c7ccccc7)c6cc54)cc3c12. The summed E-state index contributed by atoms with van der Waals surface area (Å²) >= 11 is 0. The quantitative estimate of drug-likeness (QED) is 0.175. The Bertz CT molecular complexity index is 3670. The van der Waals surface area contributed by atoms with Gasteiger partial charge in [0.25, 0.3) is 0 Å². The van der Waals surface area contributed by atoms with Gasteiger partial charge >= 0.3 is 0 Å². The van der Waals surface area contributed by atoms with Crippen LogP contribution in [-0.2, 0) is 0 Å². The first kappa shape index (κ1) is 32.9. The summed E-state index contributed by atoms with van der Waals surface area (Å²) in [7, 11) is 0. The number of fused-ring (bicyclic) bond motifs is 9. The lowest BCUT2D eigenvalue weighted by molar-refractivity contribution is 0.669. The first-order valence-electron chi connectivity index (χ1n) is 19.6. The molecular weight excluding hydrogens is 723 g/mol. The summed E-state index contributed by atoms with van der Waals surface area (Å²) in [5, 5.41) is 17.5. The van der Waals surface area contributed by atoms with Gasteiger partial charge in [-0.15, -0.1) is 0 Å². The van der Waals surface area contributed by atoms with Crippen LogP contribution in [0.15, 0.2) is 192 Å². The van der Waals surface area contributed by atoms with Crippen molar-refractivity contribution in [1.29, 1.82) is 5.26 Å². The molecule has 12 aromatic rings. The Kier molecular flexibility index (Phi) is 7.19. The fourth-order valence-electron chi connectivity index (χ4n) is 9.00. The van der Waals surface area contributed by atoms with Gasteiger partial charge in [0.05, 0.1) is 33.5 Å². The molecule has 59 heavy (non-hydrogen) atoms. The van der Waals surface area contributed by atoms with Crippen LogP contribution in [0.2, 0.25) is 0 Å². The van der Waals surface area contributed by atoms with Crippen molar-refractivity contribution in [3.8, 4) is 51.3 Å². The van der Waals surface area contributed by atoms with E-state index in [0.717, 1.165) is 66.6 Å². The molecule has 0 N–H and O–H groups in total. The van der Waals surface area contributed by atoms with E-state index in [1.54, 1.807) is 0 Å². The van der Waals surface area contributed by atoms with Gasteiger partial charge in [0.2, 0.25) is 0 Å². The third kappa shape index (κ3) is 4.99. The Balaban J connectivity index is 1.14. The third-order valence-electron chi connectivity index (χ3n) is 11.6. The van der Waals surface area contributed by atoms with Gasteiger partial charge in [-0.25, -0.2) is 9.97 Å². The van der Waals surface area contributed by atoms with Crippen molar-refractivity contribution < 1.29 is 4.42 Å². The van der Waals surface area contributed by atoms with Crippen LogP contribution in [0, 0.1) is 11.3 Å². The van der Waals surface area contributed by atoms with Gasteiger partial charge in [0.1, 0.15) is 22.8 Å². The van der Waals surface area contributed by atoms with E-state index >= 15 is 0 Å². The Morgan fingerprint density at radius 1 is 0.424 bits per heavy atom. The van der Waals surface area contributed by atoms with E-state index in [2.05, 4.69) is 124 Å². The van der Waals surface area contributed by atoms with Crippen molar-refractivity contribution in [2.75, 3.05) is 0 Å². The zero-order valence-electron chi connectivity index (χ0n) is 31.5. The summed E-state index contributed by atoms with van der Waals surface area (Å²) in [5.41, 5.74) is 12.2. The molecule has 0 bridgehead atoms. The number of hydrogen-bond acceptors (Lipinski definition) is 4. The molecule has 8 aromatic carbocycles. The smallest absolute Gasteiger partial charge is 0.160 e. The van der Waals surface area contributed by atoms with Crippen molar-refractivity contribution in [1.82, 2.24) is 19.1 Å². The van der Waals surface area contributed by atoms with Crippen molar-refractivity contribution >= 4 is 65.6 Å². The molecular formula is C53H31N5O. The standard InChI is InChI=1S/C53H31N5O/c54-32-43-51(33-15-4-1-5-16-33)55-53(34-17-6-2-7-18-34)56-52(43)39-23-14-26-49-50(39)42-29-36(27-28-48(42)59-49)58-45-25-13-11-22-38(45)41-30-40-37-21-10-12-24-44(37)57(46(40)31-47(41)58)35-19-8-3-9-20-35/h1-31H. The van der Waals surface area contributed by atoms with Gasteiger partial charge in [0, 0.05) is 60.4 Å². The Hall–Kier alpha value is -8.27. The lowest BCUT2D eigenvalue weighted by Crippen LogP contribution is -2.01. The fourth-order valence-corrected chi connectivity index (χ4v) is 9.00. The molecule has 0 aliphatic carbocycles. The van der Waals surface area contributed by atoms with Gasteiger partial charge in [-0.2, -0.15) is 5.26 Å². The van der Waals surface area contributed by atoms with E-state index < -0.39 is 0 Å². The molecule has 0 aliphatic heterocycles. The molecule has 12 rings (SSSR count). The highest BCUT2D eigenvalue weighted by Gasteiger charge is 2.23. The van der Waals surface area contributed by atoms with Crippen molar-refractivity contribution in [2.45, 2.75) is 0 Å². The van der Waals surface area contributed by atoms with E-state index in [1.165, 1.54) is 27.1 Å². The second kappa shape index (κ2) is 12.9. The molecule has 0 atom stereocenters. The predicted octanol–water partition coefficient (Wildman–Crippen LogP) is 13.4. The Labute approximate surface area is 338 Å². The van der Waals surface area contributed by atoms with Crippen LogP contribution in [-0.4, -0.2) is 19.1 Å². The first-order valence-corrected chi connectivity index (χ1v) is 19.6. The average molecular weight is 754 g/mol. The molecule has 0 amide bonds. The highest BCUT2D eigenvalue weighted by molar-refractivity contribution is 6.20. The average Bonchev–Trinajstić information content (AvgIpc) is 3.95. The van der Waals surface area contributed by atoms with Crippen molar-refractivity contribution in [3.05, 3.63) is 194 Å². The molecule has 0 aliphatic rings. The highest BCUT2D eigenvalue weighted by Crippen LogP contribution is 2.43. The van der Waals surface area contributed by atoms with Crippen LogP contribution in [0.1, 0.15) is 5.56 Å². The molecule has 0 fully saturated rings. The molecule has 0 spiro atoms. The number of nitrogens with zero attached hydrogens (tertiary/aromatic N) is 5. The van der Waals surface area contributed by atoms with Gasteiger partial charge < -0.3 is 13.6 Å². The van der Waals surface area contributed by atoms with Crippen LogP contribution in [0.4, 0.5) is 0 Å². The minimum Gasteiger partial charge on any atom is -0.456 e. The molecule has 0 unspecified atom stereocenters. The number of rotatable bonds is 5. The van der Waals surface area contributed by atoms with Gasteiger partial charge in [-0.05, 0) is 60.7 Å².